The van der Waals surface area contributed by atoms with Gasteiger partial charge in [0.15, 0.2) is 0 Å². The van der Waals surface area contributed by atoms with E-state index in [0.29, 0.717) is 17.7 Å². The normalized spacial score (nSPS) is 17.9. The Morgan fingerprint density at radius 3 is 2.43 bits per heavy atom. The van der Waals surface area contributed by atoms with Gasteiger partial charge in [-0.25, -0.2) is 14.1 Å². The van der Waals surface area contributed by atoms with E-state index in [9.17, 15) is 18.8 Å². The number of H-pyrrole nitrogens is 1. The van der Waals surface area contributed by atoms with Gasteiger partial charge in [-0.3, -0.25) is 14.5 Å². The summed E-state index contributed by atoms with van der Waals surface area (Å²) in [5.74, 6) is -1.22. The topological polar surface area (TPSA) is 85.5 Å². The van der Waals surface area contributed by atoms with Crippen LogP contribution < -0.4 is 10.2 Å². The molecule has 2 atom stereocenters. The number of nitrogens with one attached hydrogen (secondary N) is 2. The Bertz CT molecular complexity index is 1910. The molecule has 7 rings (SSSR count). The Labute approximate surface area is 241 Å². The summed E-state index contributed by atoms with van der Waals surface area (Å²) in [6.45, 7) is 3.96. The molecule has 1 fully saturated rings. The third-order valence-corrected chi connectivity index (χ3v) is 8.39. The number of amides is 4. The van der Waals surface area contributed by atoms with Crippen LogP contribution in [0.1, 0.15) is 44.3 Å². The van der Waals surface area contributed by atoms with Gasteiger partial charge in [0.25, 0.3) is 11.8 Å². The van der Waals surface area contributed by atoms with E-state index in [1.165, 1.54) is 12.1 Å². The van der Waals surface area contributed by atoms with Crippen molar-refractivity contribution in [1.29, 1.82) is 0 Å². The highest BCUT2D eigenvalue weighted by molar-refractivity contribution is 6.24. The zero-order valence-corrected chi connectivity index (χ0v) is 23.0. The lowest BCUT2D eigenvalue weighted by Gasteiger charge is -2.36. The number of rotatable bonds is 4. The fourth-order valence-electron chi connectivity index (χ4n) is 6.17. The number of halogens is 1. The molecule has 0 spiro atoms. The van der Waals surface area contributed by atoms with E-state index in [-0.39, 0.29) is 11.3 Å². The van der Waals surface area contributed by atoms with E-state index >= 15 is 0 Å². The zero-order valence-electron chi connectivity index (χ0n) is 23.0. The first-order valence-electron chi connectivity index (χ1n) is 13.8. The minimum atomic E-state index is -0.796. The van der Waals surface area contributed by atoms with Crippen LogP contribution >= 0.6 is 0 Å². The average Bonchev–Trinajstić information content (AvgIpc) is 3.48. The SMILES string of the molecule is Cc1ccc(NC(=O)c2ccccc2N2C(=O)[C@@H]3Cc4c([nH]c5ccccc45)[C@H](c4ccc(F)cc4)N3C2=O)cc1C. The molecular formula is C34H27FN4O3. The number of nitrogens with zero attached hydrogens (tertiary/aromatic N) is 2. The van der Waals surface area contributed by atoms with E-state index < -0.39 is 35.7 Å². The lowest BCUT2D eigenvalue weighted by Crippen LogP contribution is -2.44. The molecule has 3 heterocycles. The van der Waals surface area contributed by atoms with Crippen LogP contribution in [0, 0.1) is 19.7 Å². The number of carbonyl (C=O) groups is 3. The summed E-state index contributed by atoms with van der Waals surface area (Å²) in [6, 6.07) is 24.1. The predicted molar refractivity (Wildman–Crippen MR) is 159 cm³/mol. The molecule has 2 aliphatic heterocycles. The number of aryl methyl sites for hydroxylation is 2. The minimum Gasteiger partial charge on any atom is -0.356 e. The number of aromatic nitrogens is 1. The first-order chi connectivity index (χ1) is 20.3. The van der Waals surface area contributed by atoms with E-state index in [0.717, 1.165) is 38.2 Å². The highest BCUT2D eigenvalue weighted by Gasteiger charge is 2.53. The van der Waals surface area contributed by atoms with Gasteiger partial charge in [-0.2, -0.15) is 0 Å². The van der Waals surface area contributed by atoms with Crippen molar-refractivity contribution in [3.05, 3.63) is 130 Å². The Morgan fingerprint density at radius 1 is 0.905 bits per heavy atom. The highest BCUT2D eigenvalue weighted by atomic mass is 19.1. The van der Waals surface area contributed by atoms with Gasteiger partial charge in [0.2, 0.25) is 0 Å². The lowest BCUT2D eigenvalue weighted by molar-refractivity contribution is -0.120. The second-order valence-electron chi connectivity index (χ2n) is 10.9. The molecule has 208 valence electrons. The molecule has 0 aliphatic carbocycles. The van der Waals surface area contributed by atoms with Crippen molar-refractivity contribution in [1.82, 2.24) is 9.88 Å². The molecule has 8 heteroatoms. The maximum absolute atomic E-state index is 14.3. The second-order valence-corrected chi connectivity index (χ2v) is 10.9. The number of imide groups is 1. The number of para-hydroxylation sites is 2. The highest BCUT2D eigenvalue weighted by Crippen LogP contribution is 2.45. The lowest BCUT2D eigenvalue weighted by atomic mass is 9.89. The maximum Gasteiger partial charge on any atom is 0.332 e. The molecule has 7 nitrogen and oxygen atoms in total. The van der Waals surface area contributed by atoms with Crippen molar-refractivity contribution in [2.75, 3.05) is 10.2 Å². The monoisotopic (exact) mass is 558 g/mol. The summed E-state index contributed by atoms with van der Waals surface area (Å²) in [6.07, 6.45) is 0.315. The molecule has 2 N–H and O–H groups in total. The van der Waals surface area contributed by atoms with Gasteiger partial charge in [-0.1, -0.05) is 48.5 Å². The van der Waals surface area contributed by atoms with Crippen LogP contribution in [0.15, 0.2) is 91.0 Å². The molecule has 0 saturated carbocycles. The standard InChI is InChI=1S/C34H27FN4O3/c1-19-11-16-23(17-20(19)2)36-32(40)25-8-4-6-10-28(25)39-33(41)29-18-26-24-7-3-5-9-27(24)37-30(26)31(38(29)34(39)42)21-12-14-22(35)15-13-21/h3-17,29,31,37H,18H2,1-2H3,(H,36,40)/t29-,31-/m0/s1. The average molecular weight is 559 g/mol. The van der Waals surface area contributed by atoms with Gasteiger partial charge in [0, 0.05) is 28.7 Å². The molecule has 2 aliphatic rings. The summed E-state index contributed by atoms with van der Waals surface area (Å²) >= 11 is 0. The van der Waals surface area contributed by atoms with Gasteiger partial charge < -0.3 is 10.3 Å². The number of anilines is 2. The largest absolute Gasteiger partial charge is 0.356 e. The summed E-state index contributed by atoms with van der Waals surface area (Å²) < 4.78 is 13.9. The van der Waals surface area contributed by atoms with E-state index in [1.54, 1.807) is 41.3 Å². The Kier molecular flexibility index (Phi) is 5.93. The Morgan fingerprint density at radius 2 is 1.64 bits per heavy atom. The van der Waals surface area contributed by atoms with Crippen molar-refractivity contribution in [2.45, 2.75) is 32.4 Å². The van der Waals surface area contributed by atoms with Gasteiger partial charge in [-0.15, -0.1) is 0 Å². The summed E-state index contributed by atoms with van der Waals surface area (Å²) in [5.41, 5.74) is 6.51. The van der Waals surface area contributed by atoms with Crippen LogP contribution in [-0.2, 0) is 11.2 Å². The van der Waals surface area contributed by atoms with Crippen LogP contribution in [-0.4, -0.2) is 33.8 Å². The number of urea groups is 1. The van der Waals surface area contributed by atoms with Crippen molar-refractivity contribution in [2.24, 2.45) is 0 Å². The van der Waals surface area contributed by atoms with Crippen molar-refractivity contribution in [3.63, 3.8) is 0 Å². The van der Waals surface area contributed by atoms with Gasteiger partial charge >= 0.3 is 6.03 Å². The molecule has 1 aromatic heterocycles. The first-order valence-corrected chi connectivity index (χ1v) is 13.8. The first kappa shape index (κ1) is 25.7. The third kappa shape index (κ3) is 3.98. The van der Waals surface area contributed by atoms with Crippen LogP contribution in [0.4, 0.5) is 20.6 Å². The molecular weight excluding hydrogens is 531 g/mol. The number of benzene rings is 4. The van der Waals surface area contributed by atoms with E-state index in [2.05, 4.69) is 10.3 Å². The van der Waals surface area contributed by atoms with Gasteiger partial charge in [0.05, 0.1) is 11.3 Å². The quantitative estimate of drug-likeness (QED) is 0.242. The van der Waals surface area contributed by atoms with E-state index in [4.69, 9.17) is 0 Å². The van der Waals surface area contributed by atoms with Gasteiger partial charge in [-0.05, 0) is 78.6 Å². The van der Waals surface area contributed by atoms with Crippen molar-refractivity contribution >= 4 is 40.1 Å². The number of carbonyl (C=O) groups excluding carboxylic acids is 3. The number of hydrogen-bond acceptors (Lipinski definition) is 3. The molecule has 4 amide bonds. The Balaban J connectivity index is 1.31. The molecule has 4 aromatic carbocycles. The van der Waals surface area contributed by atoms with Crippen LogP contribution in [0.25, 0.3) is 10.9 Å². The maximum atomic E-state index is 14.3. The minimum absolute atomic E-state index is 0.208. The fourth-order valence-corrected chi connectivity index (χ4v) is 6.17. The van der Waals surface area contributed by atoms with Gasteiger partial charge in [0.1, 0.15) is 17.9 Å². The van der Waals surface area contributed by atoms with Crippen molar-refractivity contribution in [3.8, 4) is 0 Å². The van der Waals surface area contributed by atoms with E-state index in [1.807, 2.05) is 56.3 Å². The summed E-state index contributed by atoms with van der Waals surface area (Å²) in [7, 11) is 0. The summed E-state index contributed by atoms with van der Waals surface area (Å²) in [5, 5.41) is 3.89. The van der Waals surface area contributed by atoms with Crippen LogP contribution in [0.5, 0.6) is 0 Å². The number of aromatic amines is 1. The number of fused-ring (bicyclic) bond motifs is 4. The second kappa shape index (κ2) is 9.69. The van der Waals surface area contributed by atoms with Crippen LogP contribution in [0.3, 0.4) is 0 Å². The van der Waals surface area contributed by atoms with Crippen LogP contribution in [0.2, 0.25) is 0 Å². The molecule has 0 radical (unpaired) electrons. The number of hydrogen-bond donors (Lipinski definition) is 2. The molecule has 1 saturated heterocycles. The predicted octanol–water partition coefficient (Wildman–Crippen LogP) is 6.66. The summed E-state index contributed by atoms with van der Waals surface area (Å²) in [4.78, 5) is 48.0. The fraction of sp³-hybridized carbons (Fsp3) is 0.147. The molecule has 0 unspecified atom stereocenters. The van der Waals surface area contributed by atoms with Crippen molar-refractivity contribution < 1.29 is 18.8 Å². The smallest absolute Gasteiger partial charge is 0.332 e. The Hall–Kier alpha value is -5.24. The molecule has 5 aromatic rings. The molecule has 0 bridgehead atoms. The zero-order chi connectivity index (χ0) is 29.1. The molecule has 42 heavy (non-hydrogen) atoms. The third-order valence-electron chi connectivity index (χ3n) is 8.39.